The van der Waals surface area contributed by atoms with Gasteiger partial charge in [0.2, 0.25) is 0 Å². The van der Waals surface area contributed by atoms with Crippen molar-refractivity contribution in [2.24, 2.45) is 0 Å². The lowest BCUT2D eigenvalue weighted by molar-refractivity contribution is -0.0442. The highest BCUT2D eigenvalue weighted by molar-refractivity contribution is 5.46. The molecule has 0 radical (unpaired) electrons. The van der Waals surface area contributed by atoms with Gasteiger partial charge in [-0.15, -0.1) is 0 Å². The summed E-state index contributed by atoms with van der Waals surface area (Å²) in [5.41, 5.74) is 1.90. The van der Waals surface area contributed by atoms with E-state index in [9.17, 15) is 4.39 Å². The van der Waals surface area contributed by atoms with E-state index >= 15 is 0 Å². The predicted octanol–water partition coefficient (Wildman–Crippen LogP) is 5.24. The fourth-order valence-electron chi connectivity index (χ4n) is 2.79. The molecular formula is C22H19FO4. The van der Waals surface area contributed by atoms with Crippen LogP contribution in [0.1, 0.15) is 17.4 Å². The van der Waals surface area contributed by atoms with E-state index < -0.39 is 6.29 Å². The summed E-state index contributed by atoms with van der Waals surface area (Å²) in [7, 11) is 0. The second-order valence-electron chi connectivity index (χ2n) is 6.11. The Morgan fingerprint density at radius 2 is 1.59 bits per heavy atom. The van der Waals surface area contributed by atoms with Crippen LogP contribution in [0, 0.1) is 5.82 Å². The van der Waals surface area contributed by atoms with Crippen LogP contribution in [0.15, 0.2) is 72.8 Å². The van der Waals surface area contributed by atoms with Gasteiger partial charge < -0.3 is 18.9 Å². The van der Waals surface area contributed by atoms with Crippen molar-refractivity contribution in [2.45, 2.75) is 12.9 Å². The molecule has 0 N–H and O–H groups in total. The van der Waals surface area contributed by atoms with Gasteiger partial charge in [-0.1, -0.05) is 36.4 Å². The Kier molecular flexibility index (Phi) is 5.32. The van der Waals surface area contributed by atoms with E-state index in [1.807, 2.05) is 48.5 Å². The number of rotatable bonds is 6. The first-order valence-electron chi connectivity index (χ1n) is 8.75. The third-order valence-electron chi connectivity index (χ3n) is 4.14. The van der Waals surface area contributed by atoms with Gasteiger partial charge in [0.05, 0.1) is 13.2 Å². The average molecular weight is 366 g/mol. The topological polar surface area (TPSA) is 36.9 Å². The molecule has 138 valence electrons. The highest BCUT2D eigenvalue weighted by Crippen LogP contribution is 2.36. The van der Waals surface area contributed by atoms with Crippen molar-refractivity contribution in [3.63, 3.8) is 0 Å². The maximum Gasteiger partial charge on any atom is 0.184 e. The summed E-state index contributed by atoms with van der Waals surface area (Å²) in [5, 5.41) is 0. The number of hydrogen-bond donors (Lipinski definition) is 0. The molecule has 1 fully saturated rings. The van der Waals surface area contributed by atoms with Crippen molar-refractivity contribution in [1.29, 1.82) is 0 Å². The van der Waals surface area contributed by atoms with Crippen LogP contribution >= 0.6 is 0 Å². The zero-order chi connectivity index (χ0) is 18.5. The Morgan fingerprint density at radius 1 is 0.852 bits per heavy atom. The summed E-state index contributed by atoms with van der Waals surface area (Å²) >= 11 is 0. The normalized spacial score (nSPS) is 14.3. The SMILES string of the molecule is Fc1ccc(Oc2cc(C3OCCO3)ccc2OCc2ccccc2)cc1. The molecule has 3 aromatic rings. The van der Waals surface area contributed by atoms with Crippen LogP contribution in [0.5, 0.6) is 17.2 Å². The molecule has 0 aromatic heterocycles. The van der Waals surface area contributed by atoms with Gasteiger partial charge in [-0.25, -0.2) is 4.39 Å². The highest BCUT2D eigenvalue weighted by Gasteiger charge is 2.20. The van der Waals surface area contributed by atoms with Crippen molar-refractivity contribution >= 4 is 0 Å². The second-order valence-corrected chi connectivity index (χ2v) is 6.11. The first-order chi connectivity index (χ1) is 13.3. The fraction of sp³-hybridized carbons (Fsp3) is 0.182. The molecule has 0 spiro atoms. The number of hydrogen-bond acceptors (Lipinski definition) is 4. The molecule has 5 heteroatoms. The monoisotopic (exact) mass is 366 g/mol. The largest absolute Gasteiger partial charge is 0.485 e. The fourth-order valence-corrected chi connectivity index (χ4v) is 2.79. The maximum absolute atomic E-state index is 13.2. The predicted molar refractivity (Wildman–Crippen MR) is 98.3 cm³/mol. The quantitative estimate of drug-likeness (QED) is 0.598. The summed E-state index contributed by atoms with van der Waals surface area (Å²) < 4.78 is 36.2. The van der Waals surface area contributed by atoms with E-state index in [1.54, 1.807) is 12.1 Å². The van der Waals surface area contributed by atoms with E-state index in [1.165, 1.54) is 12.1 Å². The molecule has 0 saturated carbocycles. The maximum atomic E-state index is 13.2. The Hall–Kier alpha value is -2.89. The third kappa shape index (κ3) is 4.45. The van der Waals surface area contributed by atoms with Gasteiger partial charge in [-0.05, 0) is 42.0 Å². The van der Waals surface area contributed by atoms with Gasteiger partial charge in [0, 0.05) is 5.56 Å². The smallest absolute Gasteiger partial charge is 0.184 e. The molecular weight excluding hydrogens is 347 g/mol. The molecule has 0 bridgehead atoms. The number of benzene rings is 3. The minimum atomic E-state index is -0.413. The molecule has 4 nitrogen and oxygen atoms in total. The van der Waals surface area contributed by atoms with Gasteiger partial charge in [-0.2, -0.15) is 0 Å². The highest BCUT2D eigenvalue weighted by atomic mass is 19.1. The van der Waals surface area contributed by atoms with E-state index in [-0.39, 0.29) is 5.82 Å². The number of halogens is 1. The van der Waals surface area contributed by atoms with Crippen LogP contribution in [0.4, 0.5) is 4.39 Å². The van der Waals surface area contributed by atoms with Crippen molar-refractivity contribution in [3.05, 3.63) is 89.7 Å². The summed E-state index contributed by atoms with van der Waals surface area (Å²) in [6, 6.07) is 21.3. The Balaban J connectivity index is 1.58. The van der Waals surface area contributed by atoms with Crippen molar-refractivity contribution in [2.75, 3.05) is 13.2 Å². The molecule has 1 aliphatic rings. The first-order valence-corrected chi connectivity index (χ1v) is 8.75. The molecule has 1 aliphatic heterocycles. The lowest BCUT2D eigenvalue weighted by atomic mass is 10.2. The van der Waals surface area contributed by atoms with E-state index in [2.05, 4.69) is 0 Å². The summed E-state index contributed by atoms with van der Waals surface area (Å²) in [6.45, 7) is 1.53. The van der Waals surface area contributed by atoms with E-state index in [0.29, 0.717) is 37.1 Å². The molecule has 4 rings (SSSR count). The minimum Gasteiger partial charge on any atom is -0.485 e. The molecule has 0 unspecified atom stereocenters. The molecule has 1 heterocycles. The summed E-state index contributed by atoms with van der Waals surface area (Å²) in [5.74, 6) is 1.31. The van der Waals surface area contributed by atoms with Gasteiger partial charge in [-0.3, -0.25) is 0 Å². The zero-order valence-corrected chi connectivity index (χ0v) is 14.6. The van der Waals surface area contributed by atoms with Crippen LogP contribution < -0.4 is 9.47 Å². The standard InChI is InChI=1S/C22H19FO4/c23-18-7-9-19(10-8-18)27-21-14-17(22-24-12-13-25-22)6-11-20(21)26-15-16-4-2-1-3-5-16/h1-11,14,22H,12-13,15H2. The first kappa shape index (κ1) is 17.5. The molecule has 3 aromatic carbocycles. The summed E-state index contributed by atoms with van der Waals surface area (Å²) in [6.07, 6.45) is -0.413. The molecule has 27 heavy (non-hydrogen) atoms. The van der Waals surface area contributed by atoms with Gasteiger partial charge in [0.15, 0.2) is 17.8 Å². The van der Waals surface area contributed by atoms with Gasteiger partial charge >= 0.3 is 0 Å². The Labute approximate surface area is 157 Å². The molecule has 0 atom stereocenters. The summed E-state index contributed by atoms with van der Waals surface area (Å²) in [4.78, 5) is 0. The van der Waals surface area contributed by atoms with E-state index in [4.69, 9.17) is 18.9 Å². The van der Waals surface area contributed by atoms with Crippen LogP contribution in [0.2, 0.25) is 0 Å². The lowest BCUT2D eigenvalue weighted by Gasteiger charge is -2.16. The molecule has 1 saturated heterocycles. The van der Waals surface area contributed by atoms with E-state index in [0.717, 1.165) is 11.1 Å². The van der Waals surface area contributed by atoms with Crippen LogP contribution in [-0.2, 0) is 16.1 Å². The van der Waals surface area contributed by atoms with Gasteiger partial charge in [0.1, 0.15) is 18.2 Å². The third-order valence-corrected chi connectivity index (χ3v) is 4.14. The molecule has 0 aliphatic carbocycles. The van der Waals surface area contributed by atoms with Gasteiger partial charge in [0.25, 0.3) is 0 Å². The molecule has 0 amide bonds. The Bertz CT molecular complexity index is 875. The number of ether oxygens (including phenoxy) is 4. The van der Waals surface area contributed by atoms with Crippen LogP contribution in [0.3, 0.4) is 0 Å². The van der Waals surface area contributed by atoms with Crippen molar-refractivity contribution in [1.82, 2.24) is 0 Å². The lowest BCUT2D eigenvalue weighted by Crippen LogP contribution is -2.01. The van der Waals surface area contributed by atoms with Crippen molar-refractivity contribution < 1.29 is 23.3 Å². The zero-order valence-electron chi connectivity index (χ0n) is 14.6. The van der Waals surface area contributed by atoms with Crippen molar-refractivity contribution in [3.8, 4) is 17.2 Å². The second kappa shape index (κ2) is 8.20. The Morgan fingerprint density at radius 3 is 2.33 bits per heavy atom. The minimum absolute atomic E-state index is 0.315. The van der Waals surface area contributed by atoms with Crippen LogP contribution in [-0.4, -0.2) is 13.2 Å². The van der Waals surface area contributed by atoms with Crippen LogP contribution in [0.25, 0.3) is 0 Å². The average Bonchev–Trinajstić information content (AvgIpc) is 3.24.